The predicted octanol–water partition coefficient (Wildman–Crippen LogP) is 5.41. The highest BCUT2D eigenvalue weighted by atomic mass is 32.1. The molecule has 0 aliphatic heterocycles. The molecule has 29 heavy (non-hydrogen) atoms. The molecule has 0 bridgehead atoms. The van der Waals surface area contributed by atoms with E-state index in [-0.39, 0.29) is 0 Å². The quantitative estimate of drug-likeness (QED) is 0.401. The van der Waals surface area contributed by atoms with Gasteiger partial charge in [0.15, 0.2) is 11.4 Å². The van der Waals surface area contributed by atoms with E-state index in [9.17, 15) is 0 Å². The Kier molecular flexibility index (Phi) is 4.13. The topological polar surface area (TPSA) is 65.5 Å². The van der Waals surface area contributed by atoms with Gasteiger partial charge in [-0.1, -0.05) is 12.1 Å². The predicted molar refractivity (Wildman–Crippen MR) is 114 cm³/mol. The Labute approximate surface area is 171 Å². The van der Waals surface area contributed by atoms with Gasteiger partial charge in [0, 0.05) is 4.88 Å². The molecule has 0 amide bonds. The van der Waals surface area contributed by atoms with Crippen LogP contribution in [0.5, 0.6) is 5.75 Å². The summed E-state index contributed by atoms with van der Waals surface area (Å²) in [4.78, 5) is 11.5. The van der Waals surface area contributed by atoms with Crippen molar-refractivity contribution >= 4 is 27.2 Å². The van der Waals surface area contributed by atoms with Crippen LogP contribution in [0.1, 0.15) is 27.3 Å². The third kappa shape index (κ3) is 3.07. The summed E-state index contributed by atoms with van der Waals surface area (Å²) >= 11 is 1.68. The van der Waals surface area contributed by atoms with E-state index in [1.54, 1.807) is 22.2 Å². The fraction of sp³-hybridized carbons (Fsp3) is 0.227. The number of nitrogens with zero attached hydrogens (tertiary/aromatic N) is 4. The van der Waals surface area contributed by atoms with Crippen LogP contribution >= 0.6 is 11.3 Å². The van der Waals surface area contributed by atoms with Crippen molar-refractivity contribution in [3.8, 4) is 17.3 Å². The van der Waals surface area contributed by atoms with Crippen molar-refractivity contribution in [3.05, 3.63) is 64.0 Å². The first kappa shape index (κ1) is 17.9. The molecule has 7 heteroatoms. The van der Waals surface area contributed by atoms with Crippen LogP contribution < -0.4 is 4.74 Å². The van der Waals surface area contributed by atoms with Gasteiger partial charge >= 0.3 is 0 Å². The molecule has 0 atom stereocenters. The molecule has 0 aliphatic carbocycles. The summed E-state index contributed by atoms with van der Waals surface area (Å²) in [6, 6.07) is 9.95. The summed E-state index contributed by atoms with van der Waals surface area (Å²) in [6.45, 7) is 8.64. The van der Waals surface area contributed by atoms with Crippen LogP contribution in [0.3, 0.4) is 0 Å². The maximum Gasteiger partial charge on any atom is 0.217 e. The minimum Gasteiger partial charge on any atom is -0.485 e. The summed E-state index contributed by atoms with van der Waals surface area (Å²) in [7, 11) is 0. The van der Waals surface area contributed by atoms with Gasteiger partial charge in [-0.25, -0.2) is 14.5 Å². The molecular formula is C22H20N4O2S. The SMILES string of the molecule is Cc1ccc(C)c(OCc2ccc(-c3nc4c5c(C)c(C)sc5ncn4n3)o2)c1. The first-order valence-corrected chi connectivity index (χ1v) is 10.2. The molecule has 146 valence electrons. The van der Waals surface area contributed by atoms with Gasteiger partial charge in [-0.2, -0.15) is 0 Å². The average Bonchev–Trinajstić information content (AvgIpc) is 3.40. The van der Waals surface area contributed by atoms with Crippen molar-refractivity contribution in [1.29, 1.82) is 0 Å². The average molecular weight is 404 g/mol. The Morgan fingerprint density at radius 3 is 2.83 bits per heavy atom. The summed E-state index contributed by atoms with van der Waals surface area (Å²) in [5, 5.41) is 5.61. The number of hydrogen-bond acceptors (Lipinski definition) is 6. The number of rotatable bonds is 4. The molecular weight excluding hydrogens is 384 g/mol. The Hall–Kier alpha value is -3.19. The minimum atomic E-state index is 0.353. The maximum absolute atomic E-state index is 5.96. The second kappa shape index (κ2) is 6.70. The van der Waals surface area contributed by atoms with Gasteiger partial charge in [0.2, 0.25) is 5.82 Å². The van der Waals surface area contributed by atoms with Gasteiger partial charge in [0.05, 0.1) is 5.39 Å². The monoisotopic (exact) mass is 404 g/mol. The lowest BCUT2D eigenvalue weighted by Crippen LogP contribution is -1.96. The van der Waals surface area contributed by atoms with Crippen LogP contribution in [-0.4, -0.2) is 19.6 Å². The number of benzene rings is 1. The van der Waals surface area contributed by atoms with Crippen molar-refractivity contribution in [2.24, 2.45) is 0 Å². The number of thiophene rings is 1. The number of hydrogen-bond donors (Lipinski definition) is 0. The highest BCUT2D eigenvalue weighted by Crippen LogP contribution is 2.32. The lowest BCUT2D eigenvalue weighted by atomic mass is 10.1. The fourth-order valence-corrected chi connectivity index (χ4v) is 4.33. The van der Waals surface area contributed by atoms with Crippen LogP contribution in [0.25, 0.3) is 27.4 Å². The Bertz CT molecular complexity index is 1360. The third-order valence-electron chi connectivity index (χ3n) is 5.10. The van der Waals surface area contributed by atoms with Gasteiger partial charge in [-0.05, 0) is 62.6 Å². The van der Waals surface area contributed by atoms with Crippen molar-refractivity contribution in [1.82, 2.24) is 19.6 Å². The summed E-state index contributed by atoms with van der Waals surface area (Å²) in [6.07, 6.45) is 1.71. The lowest BCUT2D eigenvalue weighted by Gasteiger charge is -2.08. The van der Waals surface area contributed by atoms with Crippen molar-refractivity contribution in [2.45, 2.75) is 34.3 Å². The number of aryl methyl sites for hydroxylation is 4. The number of aromatic nitrogens is 4. The Morgan fingerprint density at radius 1 is 1.10 bits per heavy atom. The highest BCUT2D eigenvalue weighted by Gasteiger charge is 2.17. The summed E-state index contributed by atoms with van der Waals surface area (Å²) < 4.78 is 13.6. The molecule has 6 nitrogen and oxygen atoms in total. The minimum absolute atomic E-state index is 0.353. The van der Waals surface area contributed by atoms with E-state index in [1.165, 1.54) is 16.0 Å². The molecule has 0 saturated carbocycles. The van der Waals surface area contributed by atoms with E-state index in [0.717, 1.165) is 32.9 Å². The van der Waals surface area contributed by atoms with E-state index in [4.69, 9.17) is 14.1 Å². The van der Waals surface area contributed by atoms with Gasteiger partial charge in [0.25, 0.3) is 0 Å². The van der Waals surface area contributed by atoms with Crippen LogP contribution in [0, 0.1) is 27.7 Å². The van der Waals surface area contributed by atoms with E-state index in [1.807, 2.05) is 25.1 Å². The molecule has 1 aromatic carbocycles. The zero-order chi connectivity index (χ0) is 20.1. The van der Waals surface area contributed by atoms with E-state index < -0.39 is 0 Å². The van der Waals surface area contributed by atoms with Gasteiger partial charge in [-0.15, -0.1) is 16.4 Å². The number of ether oxygens (including phenoxy) is 1. The second-order valence-electron chi connectivity index (χ2n) is 7.24. The Balaban J connectivity index is 1.45. The van der Waals surface area contributed by atoms with Gasteiger partial charge < -0.3 is 9.15 Å². The molecule has 5 aromatic rings. The molecule has 0 unspecified atom stereocenters. The van der Waals surface area contributed by atoms with Crippen LogP contribution in [0.15, 0.2) is 41.1 Å². The largest absolute Gasteiger partial charge is 0.485 e. The Morgan fingerprint density at radius 2 is 1.97 bits per heavy atom. The van der Waals surface area contributed by atoms with E-state index in [0.29, 0.717) is 18.2 Å². The van der Waals surface area contributed by atoms with Crippen molar-refractivity contribution < 1.29 is 9.15 Å². The van der Waals surface area contributed by atoms with Crippen LogP contribution in [0.4, 0.5) is 0 Å². The first-order chi connectivity index (χ1) is 14.0. The van der Waals surface area contributed by atoms with Gasteiger partial charge in [0.1, 0.15) is 29.3 Å². The fourth-order valence-electron chi connectivity index (χ4n) is 3.34. The summed E-state index contributed by atoms with van der Waals surface area (Å²) in [5.41, 5.74) is 4.27. The summed E-state index contributed by atoms with van der Waals surface area (Å²) in [5.74, 6) is 2.75. The smallest absolute Gasteiger partial charge is 0.217 e. The van der Waals surface area contributed by atoms with E-state index in [2.05, 4.69) is 43.0 Å². The van der Waals surface area contributed by atoms with E-state index >= 15 is 0 Å². The van der Waals surface area contributed by atoms with Gasteiger partial charge in [-0.3, -0.25) is 0 Å². The maximum atomic E-state index is 5.96. The number of furan rings is 1. The van der Waals surface area contributed by atoms with Crippen LogP contribution in [0.2, 0.25) is 0 Å². The molecule has 4 heterocycles. The lowest BCUT2D eigenvalue weighted by molar-refractivity contribution is 0.270. The van der Waals surface area contributed by atoms with Crippen molar-refractivity contribution in [2.75, 3.05) is 0 Å². The zero-order valence-corrected chi connectivity index (χ0v) is 17.5. The third-order valence-corrected chi connectivity index (χ3v) is 6.22. The zero-order valence-electron chi connectivity index (χ0n) is 16.7. The molecule has 0 aliphatic rings. The first-order valence-electron chi connectivity index (χ1n) is 9.40. The molecule has 5 rings (SSSR count). The number of fused-ring (bicyclic) bond motifs is 3. The molecule has 0 N–H and O–H groups in total. The normalized spacial score (nSPS) is 11.6. The van der Waals surface area contributed by atoms with Crippen LogP contribution in [-0.2, 0) is 6.61 Å². The molecule has 0 fully saturated rings. The van der Waals surface area contributed by atoms with Crippen molar-refractivity contribution in [3.63, 3.8) is 0 Å². The molecule has 0 radical (unpaired) electrons. The molecule has 0 spiro atoms. The highest BCUT2D eigenvalue weighted by molar-refractivity contribution is 7.18. The molecule has 4 aromatic heterocycles. The second-order valence-corrected chi connectivity index (χ2v) is 8.44. The molecule has 0 saturated heterocycles. The standard InChI is InChI=1S/C22H20N4O2S/c1-12-5-6-13(2)18(9-12)27-10-16-7-8-17(28-16)20-24-21-19-14(3)15(4)29-22(19)23-11-26(21)25-20/h5-9,11H,10H2,1-4H3.